The Morgan fingerprint density at radius 2 is 2.33 bits per heavy atom. The molecule has 0 rings (SSSR count). The number of rotatable bonds is 8. The molecule has 0 saturated carbocycles. The van der Waals surface area contributed by atoms with Crippen molar-refractivity contribution in [1.82, 2.24) is 4.67 Å². The van der Waals surface area contributed by atoms with Gasteiger partial charge in [-0.25, -0.2) is 8.54 Å². The van der Waals surface area contributed by atoms with Gasteiger partial charge in [-0.05, 0) is 0 Å². The van der Waals surface area contributed by atoms with Crippen molar-refractivity contribution >= 4 is 25.8 Å². The minimum atomic E-state index is -4.02. The topological polar surface area (TPSA) is 87.1 Å². The molecule has 6 nitrogen and oxygen atoms in total. The first kappa shape index (κ1) is 14.7. The number of nitrogens with zero attached hydrogens (tertiary/aromatic N) is 1. The van der Waals surface area contributed by atoms with E-state index in [1.807, 2.05) is 0 Å². The van der Waals surface area contributed by atoms with Gasteiger partial charge < -0.3 is 10.00 Å². The number of carbonyl (C=O) groups is 1. The van der Waals surface area contributed by atoms with Crippen molar-refractivity contribution in [2.24, 2.45) is 0 Å². The summed E-state index contributed by atoms with van der Waals surface area (Å²) < 4.78 is 17.0. The molecule has 0 amide bonds. The quantitative estimate of drug-likeness (QED) is 0.293. The van der Waals surface area contributed by atoms with Gasteiger partial charge in [-0.3, -0.25) is 4.79 Å². The molecule has 1 unspecified atom stereocenters. The first-order chi connectivity index (χ1) is 6.94. The second-order valence-corrected chi connectivity index (χ2v) is 5.22. The molecule has 0 aromatic carbocycles. The van der Waals surface area contributed by atoms with Gasteiger partial charge in [0.05, 0.1) is 0 Å². The number of hydrogen-bond acceptors (Lipinski definition) is 4. The zero-order valence-electron chi connectivity index (χ0n) is 8.33. The Morgan fingerprint density at radius 1 is 1.73 bits per heavy atom. The van der Waals surface area contributed by atoms with Crippen LogP contribution in [0.2, 0.25) is 0 Å². The molecule has 0 spiro atoms. The SMILES string of the molecule is C=CCSOP(=O)(O)N(CC)CC(=O)O. The summed E-state index contributed by atoms with van der Waals surface area (Å²) in [7, 11) is -4.02. The highest BCUT2D eigenvalue weighted by Crippen LogP contribution is 2.49. The van der Waals surface area contributed by atoms with Crippen molar-refractivity contribution in [3.63, 3.8) is 0 Å². The van der Waals surface area contributed by atoms with Gasteiger partial charge in [0.2, 0.25) is 0 Å². The standard InChI is InChI=1S/C7H14NO5PS/c1-3-5-15-13-14(11,12)8(4-2)6-7(9)10/h3H,1,4-6H2,2H3,(H,9,10)(H,11,12). The first-order valence-electron chi connectivity index (χ1n) is 4.16. The third-order valence-corrected chi connectivity index (χ3v) is 4.09. The average molecular weight is 255 g/mol. The highest BCUT2D eigenvalue weighted by molar-refractivity contribution is 7.98. The van der Waals surface area contributed by atoms with Crippen molar-refractivity contribution in [3.05, 3.63) is 12.7 Å². The van der Waals surface area contributed by atoms with E-state index in [2.05, 4.69) is 10.5 Å². The second kappa shape index (κ2) is 7.03. The van der Waals surface area contributed by atoms with E-state index in [1.165, 1.54) is 6.08 Å². The molecule has 0 fully saturated rings. The summed E-state index contributed by atoms with van der Waals surface area (Å²) in [6.45, 7) is 4.58. The van der Waals surface area contributed by atoms with Gasteiger partial charge in [0.1, 0.15) is 6.54 Å². The number of carboxylic acid groups (broad SMARTS) is 1. The molecular formula is C7H14NO5PS. The van der Waals surface area contributed by atoms with E-state index in [0.29, 0.717) is 5.75 Å². The van der Waals surface area contributed by atoms with Gasteiger partial charge in [0.15, 0.2) is 0 Å². The summed E-state index contributed by atoms with van der Waals surface area (Å²) in [5.41, 5.74) is 0. The van der Waals surface area contributed by atoms with Crippen LogP contribution in [0.25, 0.3) is 0 Å². The smallest absolute Gasteiger partial charge is 0.417 e. The minimum Gasteiger partial charge on any atom is -0.480 e. The Kier molecular flexibility index (Phi) is 6.87. The highest BCUT2D eigenvalue weighted by Gasteiger charge is 2.30. The maximum absolute atomic E-state index is 11.5. The van der Waals surface area contributed by atoms with E-state index in [1.54, 1.807) is 6.92 Å². The molecule has 0 aromatic rings. The number of carboxylic acids is 1. The molecule has 88 valence electrons. The Balaban J connectivity index is 4.30. The molecular weight excluding hydrogens is 241 g/mol. The average Bonchev–Trinajstić information content (AvgIpc) is 2.14. The molecule has 8 heteroatoms. The van der Waals surface area contributed by atoms with Crippen LogP contribution in [0, 0.1) is 0 Å². The van der Waals surface area contributed by atoms with E-state index in [-0.39, 0.29) is 6.54 Å². The molecule has 0 heterocycles. The lowest BCUT2D eigenvalue weighted by Gasteiger charge is -2.22. The van der Waals surface area contributed by atoms with E-state index < -0.39 is 20.3 Å². The Labute approximate surface area is 92.7 Å². The van der Waals surface area contributed by atoms with Crippen LogP contribution in [-0.4, -0.2) is 39.5 Å². The fourth-order valence-electron chi connectivity index (χ4n) is 0.730. The monoisotopic (exact) mass is 255 g/mol. The predicted molar refractivity (Wildman–Crippen MR) is 58.4 cm³/mol. The van der Waals surface area contributed by atoms with Crippen molar-refractivity contribution in [2.75, 3.05) is 18.8 Å². The summed E-state index contributed by atoms with van der Waals surface area (Å²) in [4.78, 5) is 19.8. The minimum absolute atomic E-state index is 0.120. The third kappa shape index (κ3) is 5.96. The van der Waals surface area contributed by atoms with E-state index >= 15 is 0 Å². The summed E-state index contributed by atoms with van der Waals surface area (Å²) in [5.74, 6) is -0.821. The van der Waals surface area contributed by atoms with Gasteiger partial charge in [0, 0.05) is 24.3 Å². The largest absolute Gasteiger partial charge is 0.480 e. The molecule has 0 radical (unpaired) electrons. The van der Waals surface area contributed by atoms with Crippen LogP contribution < -0.4 is 0 Å². The molecule has 0 aromatic heterocycles. The molecule has 0 saturated heterocycles. The molecule has 0 aliphatic heterocycles. The van der Waals surface area contributed by atoms with Gasteiger partial charge >= 0.3 is 13.7 Å². The summed E-state index contributed by atoms with van der Waals surface area (Å²) in [6, 6.07) is 0. The van der Waals surface area contributed by atoms with Crippen LogP contribution in [0.1, 0.15) is 6.92 Å². The van der Waals surface area contributed by atoms with Gasteiger partial charge in [-0.1, -0.05) is 13.0 Å². The zero-order chi connectivity index (χ0) is 11.9. The fourth-order valence-corrected chi connectivity index (χ4v) is 2.65. The van der Waals surface area contributed by atoms with Crippen molar-refractivity contribution in [2.45, 2.75) is 6.92 Å². The van der Waals surface area contributed by atoms with Gasteiger partial charge in [-0.2, -0.15) is 4.67 Å². The van der Waals surface area contributed by atoms with Crippen LogP contribution in [0.4, 0.5) is 0 Å². The van der Waals surface area contributed by atoms with Crippen molar-refractivity contribution < 1.29 is 23.3 Å². The Morgan fingerprint density at radius 3 is 2.73 bits per heavy atom. The third-order valence-electron chi connectivity index (χ3n) is 1.38. The van der Waals surface area contributed by atoms with Crippen LogP contribution in [0.3, 0.4) is 0 Å². The normalized spacial score (nSPS) is 14.9. The lowest BCUT2D eigenvalue weighted by atomic mass is 10.6. The summed E-state index contributed by atoms with van der Waals surface area (Å²) >= 11 is 0.765. The van der Waals surface area contributed by atoms with Crippen molar-refractivity contribution in [1.29, 1.82) is 0 Å². The Bertz CT molecular complexity index is 272. The molecule has 0 aliphatic rings. The van der Waals surface area contributed by atoms with Gasteiger partial charge in [-0.15, -0.1) is 6.58 Å². The fraction of sp³-hybridized carbons (Fsp3) is 0.571. The number of likely N-dealkylation sites (N-methyl/N-ethyl adjacent to an activating group) is 1. The van der Waals surface area contributed by atoms with Gasteiger partial charge in [0.25, 0.3) is 0 Å². The predicted octanol–water partition coefficient (Wildman–Crippen LogP) is 1.34. The molecule has 2 N–H and O–H groups in total. The molecule has 15 heavy (non-hydrogen) atoms. The highest BCUT2D eigenvalue weighted by atomic mass is 32.2. The van der Waals surface area contributed by atoms with Crippen LogP contribution in [0.5, 0.6) is 0 Å². The summed E-state index contributed by atoms with van der Waals surface area (Å²) in [5, 5.41) is 8.50. The molecule has 0 bridgehead atoms. The van der Waals surface area contributed by atoms with E-state index in [4.69, 9.17) is 5.11 Å². The molecule has 1 atom stereocenters. The van der Waals surface area contributed by atoms with Crippen molar-refractivity contribution in [3.8, 4) is 0 Å². The maximum atomic E-state index is 11.5. The summed E-state index contributed by atoms with van der Waals surface area (Å²) in [6.07, 6.45) is 1.51. The lowest BCUT2D eigenvalue weighted by molar-refractivity contribution is -0.137. The Hall–Kier alpha value is -0.330. The van der Waals surface area contributed by atoms with E-state index in [0.717, 1.165) is 16.7 Å². The van der Waals surface area contributed by atoms with Crippen LogP contribution in [-0.2, 0) is 13.3 Å². The zero-order valence-corrected chi connectivity index (χ0v) is 10.0. The number of hydrogen-bond donors (Lipinski definition) is 2. The van der Waals surface area contributed by atoms with Crippen LogP contribution in [0.15, 0.2) is 12.7 Å². The second-order valence-electron chi connectivity index (χ2n) is 2.51. The first-order valence-corrected chi connectivity index (χ1v) is 6.60. The van der Waals surface area contributed by atoms with Crippen LogP contribution >= 0.6 is 19.8 Å². The number of aliphatic carboxylic acids is 1. The van der Waals surface area contributed by atoms with E-state index in [9.17, 15) is 14.3 Å². The molecule has 0 aliphatic carbocycles. The lowest BCUT2D eigenvalue weighted by Crippen LogP contribution is -2.27. The maximum Gasteiger partial charge on any atom is 0.417 e.